The molecular formula is C9H11N5O2S. The van der Waals surface area contributed by atoms with Crippen LogP contribution >= 0.6 is 0 Å². The average Bonchev–Trinajstić information content (AvgIpc) is 2.63. The van der Waals surface area contributed by atoms with Crippen molar-refractivity contribution in [2.24, 2.45) is 7.05 Å². The van der Waals surface area contributed by atoms with Crippen LogP contribution in [0.4, 0.5) is 5.69 Å². The summed E-state index contributed by atoms with van der Waals surface area (Å²) in [5.41, 5.74) is 6.01. The molecule has 8 heteroatoms. The van der Waals surface area contributed by atoms with Gasteiger partial charge in [-0.25, -0.2) is 8.42 Å². The Kier molecular flexibility index (Phi) is 2.80. The van der Waals surface area contributed by atoms with Crippen molar-refractivity contribution in [3.05, 3.63) is 30.1 Å². The van der Waals surface area contributed by atoms with Gasteiger partial charge in [-0.15, -0.1) is 10.2 Å². The van der Waals surface area contributed by atoms with Crippen molar-refractivity contribution in [3.63, 3.8) is 0 Å². The lowest BCUT2D eigenvalue weighted by atomic mass is 10.3. The molecule has 0 bridgehead atoms. The molecular weight excluding hydrogens is 242 g/mol. The molecule has 0 atom stereocenters. The van der Waals surface area contributed by atoms with Crippen LogP contribution in [0.1, 0.15) is 5.82 Å². The van der Waals surface area contributed by atoms with E-state index in [0.29, 0.717) is 5.69 Å². The van der Waals surface area contributed by atoms with Crippen molar-refractivity contribution in [3.8, 4) is 0 Å². The molecule has 0 saturated carbocycles. The molecule has 0 fully saturated rings. The molecule has 0 aliphatic rings. The maximum atomic E-state index is 12.0. The fourth-order valence-corrected chi connectivity index (χ4v) is 2.48. The lowest BCUT2D eigenvalue weighted by Crippen LogP contribution is -2.07. The standard InChI is InChI=1S/C9H11N5O2S/c1-14-12-9(11-13-14)6-17(15,16)8-4-2-7(10)3-5-8/h2-5H,6,10H2,1H3. The maximum absolute atomic E-state index is 12.0. The molecule has 7 nitrogen and oxygen atoms in total. The van der Waals surface area contributed by atoms with Gasteiger partial charge < -0.3 is 5.73 Å². The Morgan fingerprint density at radius 3 is 2.47 bits per heavy atom. The second-order valence-corrected chi connectivity index (χ2v) is 5.51. The van der Waals surface area contributed by atoms with Gasteiger partial charge in [-0.2, -0.15) is 4.80 Å². The highest BCUT2D eigenvalue weighted by atomic mass is 32.2. The fourth-order valence-electron chi connectivity index (χ4n) is 1.31. The van der Waals surface area contributed by atoms with E-state index in [9.17, 15) is 8.42 Å². The SMILES string of the molecule is Cn1nnc(CS(=O)(=O)c2ccc(N)cc2)n1. The molecule has 90 valence electrons. The summed E-state index contributed by atoms with van der Waals surface area (Å²) in [6.45, 7) is 0. The predicted molar refractivity (Wildman–Crippen MR) is 60.5 cm³/mol. The first kappa shape index (κ1) is 11.5. The Labute approximate surface area is 98.2 Å². The lowest BCUT2D eigenvalue weighted by Gasteiger charge is -2.01. The van der Waals surface area contributed by atoms with Crippen molar-refractivity contribution in [2.45, 2.75) is 10.6 Å². The molecule has 0 saturated heterocycles. The number of rotatable bonds is 3. The number of nitrogen functional groups attached to an aromatic ring is 1. The van der Waals surface area contributed by atoms with Crippen molar-refractivity contribution in [1.82, 2.24) is 20.2 Å². The van der Waals surface area contributed by atoms with Gasteiger partial charge in [0.25, 0.3) is 0 Å². The number of tetrazole rings is 1. The van der Waals surface area contributed by atoms with Gasteiger partial charge in [0.05, 0.1) is 11.9 Å². The van der Waals surface area contributed by atoms with Crippen molar-refractivity contribution in [2.75, 3.05) is 5.73 Å². The average molecular weight is 253 g/mol. The molecule has 0 amide bonds. The monoisotopic (exact) mass is 253 g/mol. The van der Waals surface area contributed by atoms with E-state index in [1.54, 1.807) is 7.05 Å². The molecule has 2 N–H and O–H groups in total. The summed E-state index contributed by atoms with van der Waals surface area (Å²) >= 11 is 0. The third-order valence-electron chi connectivity index (χ3n) is 2.11. The maximum Gasteiger partial charge on any atom is 0.190 e. The Morgan fingerprint density at radius 1 is 1.29 bits per heavy atom. The summed E-state index contributed by atoms with van der Waals surface area (Å²) in [5, 5.41) is 11.1. The Hall–Kier alpha value is -1.96. The second kappa shape index (κ2) is 4.13. The first-order valence-electron chi connectivity index (χ1n) is 4.78. The molecule has 1 aromatic carbocycles. The van der Waals surface area contributed by atoms with Crippen LogP contribution in [0.15, 0.2) is 29.2 Å². The molecule has 1 heterocycles. The van der Waals surface area contributed by atoms with Crippen LogP contribution in [0.5, 0.6) is 0 Å². The summed E-state index contributed by atoms with van der Waals surface area (Å²) in [7, 11) is -1.87. The molecule has 0 aliphatic carbocycles. The zero-order valence-corrected chi connectivity index (χ0v) is 9.92. The quantitative estimate of drug-likeness (QED) is 0.757. The number of hydrogen-bond acceptors (Lipinski definition) is 6. The fraction of sp³-hybridized carbons (Fsp3) is 0.222. The zero-order valence-electron chi connectivity index (χ0n) is 9.11. The van der Waals surface area contributed by atoms with Gasteiger partial charge in [0.1, 0.15) is 5.75 Å². The van der Waals surface area contributed by atoms with Gasteiger partial charge in [0.2, 0.25) is 0 Å². The van der Waals surface area contributed by atoms with Gasteiger partial charge in [-0.1, -0.05) is 0 Å². The minimum Gasteiger partial charge on any atom is -0.399 e. The largest absolute Gasteiger partial charge is 0.399 e. The summed E-state index contributed by atoms with van der Waals surface area (Å²) in [5.74, 6) is -0.102. The topological polar surface area (TPSA) is 104 Å². The molecule has 0 aliphatic heterocycles. The summed E-state index contributed by atoms with van der Waals surface area (Å²) in [4.78, 5) is 1.41. The first-order valence-corrected chi connectivity index (χ1v) is 6.44. The summed E-state index contributed by atoms with van der Waals surface area (Å²) < 4.78 is 23.9. The Bertz CT molecular complexity index is 617. The molecule has 2 aromatic rings. The number of anilines is 1. The van der Waals surface area contributed by atoms with Crippen LogP contribution in [0.2, 0.25) is 0 Å². The minimum atomic E-state index is -3.45. The highest BCUT2D eigenvalue weighted by molar-refractivity contribution is 7.90. The van der Waals surface area contributed by atoms with Crippen LogP contribution in [0.3, 0.4) is 0 Å². The van der Waals surface area contributed by atoms with Gasteiger partial charge in [0.15, 0.2) is 15.7 Å². The minimum absolute atomic E-state index is 0.171. The molecule has 0 radical (unpaired) electrons. The smallest absolute Gasteiger partial charge is 0.190 e. The third kappa shape index (κ3) is 2.59. The second-order valence-electron chi connectivity index (χ2n) is 3.52. The summed E-state index contributed by atoms with van der Waals surface area (Å²) in [6.07, 6.45) is 0. The Morgan fingerprint density at radius 2 is 1.94 bits per heavy atom. The van der Waals surface area contributed by atoms with E-state index in [4.69, 9.17) is 5.73 Å². The van der Waals surface area contributed by atoms with E-state index in [1.165, 1.54) is 29.1 Å². The van der Waals surface area contributed by atoms with Crippen LogP contribution in [0, 0.1) is 0 Å². The van der Waals surface area contributed by atoms with E-state index >= 15 is 0 Å². The van der Waals surface area contributed by atoms with Crippen molar-refractivity contribution in [1.29, 1.82) is 0 Å². The van der Waals surface area contributed by atoms with Gasteiger partial charge in [-0.3, -0.25) is 0 Å². The number of benzene rings is 1. The molecule has 0 unspecified atom stereocenters. The van der Waals surface area contributed by atoms with Crippen LogP contribution < -0.4 is 5.73 Å². The van der Waals surface area contributed by atoms with Crippen molar-refractivity contribution < 1.29 is 8.42 Å². The van der Waals surface area contributed by atoms with Crippen LogP contribution in [-0.4, -0.2) is 28.6 Å². The van der Waals surface area contributed by atoms with E-state index < -0.39 is 9.84 Å². The highest BCUT2D eigenvalue weighted by Crippen LogP contribution is 2.15. The number of aromatic nitrogens is 4. The van der Waals surface area contributed by atoms with Crippen LogP contribution in [-0.2, 0) is 22.6 Å². The predicted octanol–water partition coefficient (Wildman–Crippen LogP) is -0.234. The van der Waals surface area contributed by atoms with E-state index in [2.05, 4.69) is 15.4 Å². The number of aryl methyl sites for hydroxylation is 1. The third-order valence-corrected chi connectivity index (χ3v) is 3.74. The Balaban J connectivity index is 2.28. The normalized spacial score (nSPS) is 11.6. The van der Waals surface area contributed by atoms with Crippen LogP contribution in [0.25, 0.3) is 0 Å². The number of nitrogens with two attached hydrogens (primary N) is 1. The van der Waals surface area contributed by atoms with E-state index in [1.807, 2.05) is 0 Å². The number of nitrogens with zero attached hydrogens (tertiary/aromatic N) is 4. The summed E-state index contributed by atoms with van der Waals surface area (Å²) in [6, 6.07) is 6.00. The first-order chi connectivity index (χ1) is 7.97. The van der Waals surface area contributed by atoms with Crippen molar-refractivity contribution >= 4 is 15.5 Å². The molecule has 17 heavy (non-hydrogen) atoms. The van der Waals surface area contributed by atoms with Gasteiger partial charge in [0, 0.05) is 5.69 Å². The molecule has 2 rings (SSSR count). The lowest BCUT2D eigenvalue weighted by molar-refractivity contribution is 0.593. The highest BCUT2D eigenvalue weighted by Gasteiger charge is 2.18. The van der Waals surface area contributed by atoms with E-state index in [-0.39, 0.29) is 16.5 Å². The number of hydrogen-bond donors (Lipinski definition) is 1. The zero-order chi connectivity index (χ0) is 12.5. The van der Waals surface area contributed by atoms with E-state index in [0.717, 1.165) is 0 Å². The van der Waals surface area contributed by atoms with Gasteiger partial charge >= 0.3 is 0 Å². The number of sulfone groups is 1. The van der Waals surface area contributed by atoms with Gasteiger partial charge in [-0.05, 0) is 29.5 Å². The molecule has 1 aromatic heterocycles. The molecule has 0 spiro atoms.